The Morgan fingerprint density at radius 2 is 0.796 bits per heavy atom. The minimum atomic E-state index is -1.02. The molecule has 0 aliphatic heterocycles. The van der Waals surface area contributed by atoms with Gasteiger partial charge in [0.25, 0.3) is 0 Å². The topological polar surface area (TPSA) is 0 Å². The van der Waals surface area contributed by atoms with E-state index in [2.05, 4.69) is 0 Å². The van der Waals surface area contributed by atoms with Crippen LogP contribution in [0.2, 0.25) is 0 Å². The Labute approximate surface area is 323 Å². The molecule has 0 aromatic heterocycles. The quantitative estimate of drug-likeness (QED) is 0.167. The summed E-state index contributed by atoms with van der Waals surface area (Å²) in [6.07, 6.45) is -0.971. The molecular formula is C49H30. The first-order valence-electron chi connectivity index (χ1n) is 29.0. The molecular weight excluding hydrogens is 589 g/mol. The van der Waals surface area contributed by atoms with Crippen LogP contribution in [0.25, 0.3) is 97.7 Å². The predicted octanol–water partition coefficient (Wildman–Crippen LogP) is 13.6. The van der Waals surface area contributed by atoms with E-state index < -0.39 is 263 Å². The van der Waals surface area contributed by atoms with Crippen LogP contribution >= 0.6 is 0 Å². The molecule has 11 aromatic carbocycles. The van der Waals surface area contributed by atoms with Crippen molar-refractivity contribution in [1.82, 2.24) is 0 Å². The van der Waals surface area contributed by atoms with Crippen molar-refractivity contribution in [3.8, 4) is 22.3 Å². The lowest BCUT2D eigenvalue weighted by Gasteiger charge is -2.19. The van der Waals surface area contributed by atoms with Gasteiger partial charge in [-0.15, -0.1) is 0 Å². The maximum Gasteiger partial charge on any atom is 0.0636 e. The zero-order valence-electron chi connectivity index (χ0n) is 52.7. The van der Waals surface area contributed by atoms with Crippen LogP contribution < -0.4 is 0 Å². The van der Waals surface area contributed by atoms with E-state index in [9.17, 15) is 16.4 Å². The summed E-state index contributed by atoms with van der Waals surface area (Å²) in [4.78, 5) is 0. The van der Waals surface area contributed by atoms with E-state index in [-0.39, 0.29) is 21.5 Å². The second-order valence-corrected chi connectivity index (χ2v) is 11.4. The van der Waals surface area contributed by atoms with Crippen molar-refractivity contribution in [3.05, 3.63) is 180 Å². The van der Waals surface area contributed by atoms with Crippen LogP contribution in [0, 0.1) is 0 Å². The first kappa shape index (κ1) is 11.4. The fourth-order valence-corrected chi connectivity index (χ4v) is 6.58. The van der Waals surface area contributed by atoms with Crippen LogP contribution in [0.15, 0.2) is 169 Å². The van der Waals surface area contributed by atoms with Crippen molar-refractivity contribution in [2.75, 3.05) is 0 Å². The Morgan fingerprint density at radius 3 is 1.47 bits per heavy atom. The molecule has 0 N–H and O–H groups in total. The van der Waals surface area contributed by atoms with E-state index in [1.54, 1.807) is 0 Å². The van der Waals surface area contributed by atoms with E-state index in [4.69, 9.17) is 21.9 Å². The number of benzene rings is 11. The maximum absolute atomic E-state index is 10.3. The highest BCUT2D eigenvalue weighted by Gasteiger charge is 2.18. The molecule has 0 heteroatoms. The summed E-state index contributed by atoms with van der Waals surface area (Å²) in [5, 5.41) is -6.26. The van der Waals surface area contributed by atoms with Gasteiger partial charge < -0.3 is 0 Å². The molecule has 0 aliphatic carbocycles. The molecule has 0 spiro atoms. The second-order valence-electron chi connectivity index (χ2n) is 11.4. The zero-order valence-corrected chi connectivity index (χ0v) is 24.7. The summed E-state index contributed by atoms with van der Waals surface area (Å²) >= 11 is 0. The highest BCUT2D eigenvalue weighted by atomic mass is 14.2. The SMILES string of the molecule is [2H]c1c([2H])c(-c2c([2H])c([2H])c3c([2H])c([2H])c4c([2H])c([2H])c([2H])c5c([2H])c([2H])c2c3c45)c([2H])c(-c2c([2H])c([2H])c3c([2H])c([2H])c4c([2H])c([2H])c([2H])c5c([2H])c([2H])c2c3c45)c1Cc1c([2H])c([2H])c([2H])c2c([2H])c([2H])c([2H])c([2H])c12. The van der Waals surface area contributed by atoms with Gasteiger partial charge in [-0.25, -0.2) is 0 Å². The molecule has 0 heterocycles. The van der Waals surface area contributed by atoms with Crippen LogP contribution in [0.1, 0.15) is 49.5 Å². The molecule has 0 saturated heterocycles. The first-order valence-corrected chi connectivity index (χ1v) is 15.0. The number of hydrogen-bond donors (Lipinski definition) is 0. The van der Waals surface area contributed by atoms with Crippen molar-refractivity contribution in [1.29, 1.82) is 0 Å². The zero-order chi connectivity index (χ0) is 56.4. The Morgan fingerprint density at radius 1 is 0.306 bits per heavy atom. The molecule has 0 saturated carbocycles. The lowest BCUT2D eigenvalue weighted by molar-refractivity contribution is 1.22. The summed E-state index contributed by atoms with van der Waals surface area (Å²) in [5.41, 5.74) is -4.06. The molecule has 0 bridgehead atoms. The summed E-state index contributed by atoms with van der Waals surface area (Å²) in [6, 6.07) is -23.2. The Bertz CT molecular complexity index is 4620. The van der Waals surface area contributed by atoms with Crippen molar-refractivity contribution >= 4 is 75.4 Å². The number of rotatable bonds is 4. The molecule has 0 aliphatic rings. The summed E-state index contributed by atoms with van der Waals surface area (Å²) < 4.78 is 256. The molecule has 11 aromatic rings. The predicted molar refractivity (Wildman–Crippen MR) is 211 cm³/mol. The van der Waals surface area contributed by atoms with Gasteiger partial charge in [0.2, 0.25) is 0 Å². The van der Waals surface area contributed by atoms with Crippen molar-refractivity contribution in [2.24, 2.45) is 0 Å². The molecule has 0 nitrogen and oxygen atoms in total. The van der Waals surface area contributed by atoms with E-state index in [1.165, 1.54) is 0 Å². The summed E-state index contributed by atoms with van der Waals surface area (Å²) in [5.74, 6) is 0. The highest BCUT2D eigenvalue weighted by molar-refractivity contribution is 6.27. The van der Waals surface area contributed by atoms with E-state index in [1.807, 2.05) is 0 Å². The third kappa shape index (κ3) is 3.92. The minimum absolute atomic E-state index is 0.304. The third-order valence-corrected chi connectivity index (χ3v) is 8.76. The van der Waals surface area contributed by atoms with Crippen molar-refractivity contribution in [3.63, 3.8) is 0 Å². The van der Waals surface area contributed by atoms with Crippen LogP contribution in [0.4, 0.5) is 0 Å². The van der Waals surface area contributed by atoms with E-state index in [0.717, 1.165) is 0 Å². The lowest BCUT2D eigenvalue weighted by atomic mass is 9.84. The molecule has 0 radical (unpaired) electrons. The van der Waals surface area contributed by atoms with Gasteiger partial charge in [-0.05, 0) is 121 Å². The van der Waals surface area contributed by atoms with Gasteiger partial charge in [-0.1, -0.05) is 163 Å². The lowest BCUT2D eigenvalue weighted by Crippen LogP contribution is -1.96. The van der Waals surface area contributed by atoms with Crippen LogP contribution in [-0.4, -0.2) is 0 Å². The molecule has 0 amide bonds. The molecule has 49 heavy (non-hydrogen) atoms. The average molecular weight is 647 g/mol. The van der Waals surface area contributed by atoms with Crippen LogP contribution in [0.3, 0.4) is 0 Å². The largest absolute Gasteiger partial charge is 0.0636 e. The van der Waals surface area contributed by atoms with Crippen LogP contribution in [0.5, 0.6) is 0 Å². The maximum atomic E-state index is 10.3. The van der Waals surface area contributed by atoms with Crippen molar-refractivity contribution < 1.29 is 38.4 Å². The number of hydrogen-bond acceptors (Lipinski definition) is 0. The standard InChI is InChI=1S/C49H30/c1-2-13-40-30(6-1)7-3-12-37(40)28-38-18-19-39(41-24-20-35-16-14-31-8-4-10-33-22-26-43(41)48(35)46(31)33)29-45(38)42-25-21-36-17-15-32-9-5-11-34-23-27-44(42)49(36)47(32)34/h1-27,29H,28H2/i1D,2D,3D,4D,5D,6D,7D,8D,9D,10D,11D,12D,13D,14D,15D,16D,17D,18D,19D,20D,21D,22D,23D,24D,25D,26D,27D,29D. The van der Waals surface area contributed by atoms with Gasteiger partial charge >= 0.3 is 0 Å². The van der Waals surface area contributed by atoms with Crippen LogP contribution in [-0.2, 0) is 6.42 Å². The summed E-state index contributed by atoms with van der Waals surface area (Å²) in [7, 11) is 0. The fourth-order valence-electron chi connectivity index (χ4n) is 6.58. The molecule has 0 atom stereocenters. The Kier molecular flexibility index (Phi) is 2.36. The normalized spacial score (nSPS) is 20.2. The van der Waals surface area contributed by atoms with E-state index >= 15 is 0 Å². The van der Waals surface area contributed by atoms with E-state index in [0.29, 0.717) is 0 Å². The smallest absolute Gasteiger partial charge is 0.0616 e. The van der Waals surface area contributed by atoms with Crippen molar-refractivity contribution in [2.45, 2.75) is 6.42 Å². The van der Waals surface area contributed by atoms with Gasteiger partial charge in [0.15, 0.2) is 0 Å². The molecule has 226 valence electrons. The first-order chi connectivity index (χ1) is 36.0. The highest BCUT2D eigenvalue weighted by Crippen LogP contribution is 2.44. The molecule has 11 rings (SSSR count). The monoisotopic (exact) mass is 646 g/mol. The average Bonchev–Trinajstić information content (AvgIpc) is 3.47. The Hall–Kier alpha value is -6.24. The minimum Gasteiger partial charge on any atom is -0.0616 e. The summed E-state index contributed by atoms with van der Waals surface area (Å²) in [6.45, 7) is 0. The van der Waals surface area contributed by atoms with Gasteiger partial charge in [-0.2, -0.15) is 0 Å². The van der Waals surface area contributed by atoms with Gasteiger partial charge in [0.05, 0.1) is 38.4 Å². The molecule has 0 fully saturated rings. The third-order valence-electron chi connectivity index (χ3n) is 8.76. The van der Waals surface area contributed by atoms with Gasteiger partial charge in [-0.3, -0.25) is 0 Å². The van der Waals surface area contributed by atoms with Gasteiger partial charge in [0, 0.05) is 0 Å². The second kappa shape index (κ2) is 10.1. The Balaban J connectivity index is 1.43. The molecule has 0 unspecified atom stereocenters. The van der Waals surface area contributed by atoms with Gasteiger partial charge in [0.1, 0.15) is 0 Å². The number of fused-ring (bicyclic) bond motifs is 1. The fraction of sp³-hybridized carbons (Fsp3) is 0.0204.